The first-order valence-electron chi connectivity index (χ1n) is 7.02. The van der Waals surface area contributed by atoms with Crippen molar-refractivity contribution in [3.8, 4) is 0 Å². The number of thioether (sulfide) groups is 1. The Hall–Kier alpha value is -0.620. The van der Waals surface area contributed by atoms with Crippen LogP contribution in [0.2, 0.25) is 0 Å². The molecule has 0 aliphatic heterocycles. The molecule has 1 aromatic heterocycles. The maximum absolute atomic E-state index is 4.08. The standard InChI is InChI=1S/C13H27N5S/c1-13(2,3)14-11-12-15-16-17-18(12)9-7-5-6-8-10-19-4/h14H,5-11H2,1-4H3. The van der Waals surface area contributed by atoms with Crippen molar-refractivity contribution in [2.45, 2.75) is 65.1 Å². The molecule has 1 heterocycles. The zero-order valence-electron chi connectivity index (χ0n) is 12.6. The lowest BCUT2D eigenvalue weighted by Gasteiger charge is -2.19. The predicted octanol–water partition coefficient (Wildman–Crippen LogP) is 2.48. The van der Waals surface area contributed by atoms with Gasteiger partial charge in [-0.05, 0) is 56.0 Å². The lowest BCUT2D eigenvalue weighted by atomic mass is 10.1. The van der Waals surface area contributed by atoms with Crippen LogP contribution in [-0.2, 0) is 13.1 Å². The molecule has 0 fully saturated rings. The van der Waals surface area contributed by atoms with E-state index in [0.29, 0.717) is 0 Å². The summed E-state index contributed by atoms with van der Waals surface area (Å²) in [4.78, 5) is 0. The SMILES string of the molecule is CSCCCCCCn1nnnc1CNC(C)(C)C. The number of nitrogens with zero attached hydrogens (tertiary/aromatic N) is 4. The molecule has 0 aromatic carbocycles. The largest absolute Gasteiger partial charge is 0.305 e. The summed E-state index contributed by atoms with van der Waals surface area (Å²) in [6.45, 7) is 8.09. The molecule has 0 amide bonds. The fourth-order valence-corrected chi connectivity index (χ4v) is 2.22. The quantitative estimate of drug-likeness (QED) is 0.706. The Morgan fingerprint density at radius 2 is 1.89 bits per heavy atom. The van der Waals surface area contributed by atoms with Crippen molar-refractivity contribution in [1.29, 1.82) is 0 Å². The highest BCUT2D eigenvalue weighted by Crippen LogP contribution is 2.07. The van der Waals surface area contributed by atoms with Gasteiger partial charge in [0.25, 0.3) is 0 Å². The molecule has 0 saturated heterocycles. The summed E-state index contributed by atoms with van der Waals surface area (Å²) < 4.78 is 1.92. The molecule has 1 N–H and O–H groups in total. The first-order valence-corrected chi connectivity index (χ1v) is 8.41. The predicted molar refractivity (Wildman–Crippen MR) is 81.3 cm³/mol. The summed E-state index contributed by atoms with van der Waals surface area (Å²) in [6, 6.07) is 0. The van der Waals surface area contributed by atoms with Crippen LogP contribution in [0.15, 0.2) is 0 Å². The van der Waals surface area contributed by atoms with Gasteiger partial charge in [-0.2, -0.15) is 11.8 Å². The second kappa shape index (κ2) is 8.53. The van der Waals surface area contributed by atoms with Crippen molar-refractivity contribution in [3.63, 3.8) is 0 Å². The van der Waals surface area contributed by atoms with E-state index in [2.05, 4.69) is 47.9 Å². The van der Waals surface area contributed by atoms with Crippen LogP contribution in [0, 0.1) is 0 Å². The number of aromatic nitrogens is 4. The molecule has 0 unspecified atom stereocenters. The fourth-order valence-electron chi connectivity index (χ4n) is 1.73. The number of unbranched alkanes of at least 4 members (excludes halogenated alkanes) is 3. The van der Waals surface area contributed by atoms with Crippen molar-refractivity contribution in [2.75, 3.05) is 12.0 Å². The van der Waals surface area contributed by atoms with Crippen LogP contribution >= 0.6 is 11.8 Å². The maximum atomic E-state index is 4.08. The Kier molecular flexibility index (Phi) is 7.38. The number of hydrogen-bond acceptors (Lipinski definition) is 5. The molecule has 6 heteroatoms. The van der Waals surface area contributed by atoms with E-state index >= 15 is 0 Å². The molecular formula is C13H27N5S. The highest BCUT2D eigenvalue weighted by Gasteiger charge is 2.12. The second-order valence-electron chi connectivity index (χ2n) is 5.83. The first-order chi connectivity index (χ1) is 9.03. The monoisotopic (exact) mass is 285 g/mol. The molecule has 110 valence electrons. The van der Waals surface area contributed by atoms with Crippen molar-refractivity contribution >= 4 is 11.8 Å². The summed E-state index contributed by atoms with van der Waals surface area (Å²) in [5.41, 5.74) is 0.0919. The molecule has 0 radical (unpaired) electrons. The fraction of sp³-hybridized carbons (Fsp3) is 0.923. The van der Waals surface area contributed by atoms with E-state index in [4.69, 9.17) is 0 Å². The minimum Gasteiger partial charge on any atom is -0.305 e. The van der Waals surface area contributed by atoms with Crippen LogP contribution in [0.25, 0.3) is 0 Å². The van der Waals surface area contributed by atoms with Crippen LogP contribution in [0.3, 0.4) is 0 Å². The molecule has 0 aliphatic carbocycles. The van der Waals surface area contributed by atoms with Crippen LogP contribution in [0.4, 0.5) is 0 Å². The zero-order valence-corrected chi connectivity index (χ0v) is 13.5. The lowest BCUT2D eigenvalue weighted by Crippen LogP contribution is -2.36. The normalized spacial score (nSPS) is 12.0. The van der Waals surface area contributed by atoms with E-state index < -0.39 is 0 Å². The summed E-state index contributed by atoms with van der Waals surface area (Å²) >= 11 is 1.92. The van der Waals surface area contributed by atoms with Gasteiger partial charge in [-0.3, -0.25) is 0 Å². The Labute approximate surface area is 120 Å². The smallest absolute Gasteiger partial charge is 0.165 e. The van der Waals surface area contributed by atoms with Gasteiger partial charge in [0.2, 0.25) is 0 Å². The van der Waals surface area contributed by atoms with Gasteiger partial charge in [0.15, 0.2) is 5.82 Å². The van der Waals surface area contributed by atoms with Crippen LogP contribution < -0.4 is 5.32 Å². The van der Waals surface area contributed by atoms with E-state index in [1.54, 1.807) is 0 Å². The van der Waals surface area contributed by atoms with Crippen LogP contribution in [-0.4, -0.2) is 37.8 Å². The molecule has 5 nitrogen and oxygen atoms in total. The van der Waals surface area contributed by atoms with Crippen molar-refractivity contribution in [2.24, 2.45) is 0 Å². The topological polar surface area (TPSA) is 55.6 Å². The third-order valence-electron chi connectivity index (χ3n) is 2.85. The third kappa shape index (κ3) is 7.52. The maximum Gasteiger partial charge on any atom is 0.165 e. The summed E-state index contributed by atoms with van der Waals surface area (Å²) in [6.07, 6.45) is 7.19. The van der Waals surface area contributed by atoms with Crippen molar-refractivity contribution in [1.82, 2.24) is 25.5 Å². The molecule has 0 atom stereocenters. The zero-order chi connectivity index (χ0) is 14.1. The van der Waals surface area contributed by atoms with Gasteiger partial charge in [0, 0.05) is 12.1 Å². The lowest BCUT2D eigenvalue weighted by molar-refractivity contribution is 0.405. The van der Waals surface area contributed by atoms with E-state index in [-0.39, 0.29) is 5.54 Å². The van der Waals surface area contributed by atoms with Gasteiger partial charge in [0.1, 0.15) is 0 Å². The molecule has 0 bridgehead atoms. The molecule has 19 heavy (non-hydrogen) atoms. The van der Waals surface area contributed by atoms with Crippen molar-refractivity contribution < 1.29 is 0 Å². The number of hydrogen-bond donors (Lipinski definition) is 1. The van der Waals surface area contributed by atoms with Gasteiger partial charge in [0.05, 0.1) is 6.54 Å². The molecule has 0 aliphatic rings. The van der Waals surface area contributed by atoms with E-state index in [1.165, 1.54) is 25.0 Å². The van der Waals surface area contributed by atoms with Crippen LogP contribution in [0.1, 0.15) is 52.3 Å². The Morgan fingerprint density at radius 3 is 2.58 bits per heavy atom. The summed E-state index contributed by atoms with van der Waals surface area (Å²) in [5, 5.41) is 15.3. The Balaban J connectivity index is 2.25. The highest BCUT2D eigenvalue weighted by atomic mass is 32.2. The second-order valence-corrected chi connectivity index (χ2v) is 6.81. The third-order valence-corrected chi connectivity index (χ3v) is 3.55. The minimum absolute atomic E-state index is 0.0919. The first kappa shape index (κ1) is 16.4. The molecule has 1 aromatic rings. The van der Waals surface area contributed by atoms with Gasteiger partial charge < -0.3 is 5.32 Å². The van der Waals surface area contributed by atoms with E-state index in [0.717, 1.165) is 25.3 Å². The number of aryl methyl sites for hydroxylation is 1. The molecular weight excluding hydrogens is 258 g/mol. The summed E-state index contributed by atoms with van der Waals surface area (Å²) in [7, 11) is 0. The average molecular weight is 285 g/mol. The molecule has 0 spiro atoms. The number of rotatable bonds is 9. The number of nitrogens with one attached hydrogen (secondary N) is 1. The average Bonchev–Trinajstić information content (AvgIpc) is 2.78. The van der Waals surface area contributed by atoms with Crippen LogP contribution in [0.5, 0.6) is 0 Å². The number of tetrazole rings is 1. The van der Waals surface area contributed by atoms with Gasteiger partial charge in [-0.1, -0.05) is 12.8 Å². The highest BCUT2D eigenvalue weighted by molar-refractivity contribution is 7.98. The molecule has 1 rings (SSSR count). The van der Waals surface area contributed by atoms with E-state index in [1.807, 2.05) is 16.4 Å². The van der Waals surface area contributed by atoms with Gasteiger partial charge in [-0.15, -0.1) is 5.10 Å². The summed E-state index contributed by atoms with van der Waals surface area (Å²) in [5.74, 6) is 2.20. The Bertz CT molecular complexity index is 345. The van der Waals surface area contributed by atoms with Crippen molar-refractivity contribution in [3.05, 3.63) is 5.82 Å². The Morgan fingerprint density at radius 1 is 1.16 bits per heavy atom. The van der Waals surface area contributed by atoms with E-state index in [9.17, 15) is 0 Å². The van der Waals surface area contributed by atoms with Gasteiger partial charge in [-0.25, -0.2) is 4.68 Å². The van der Waals surface area contributed by atoms with Gasteiger partial charge >= 0.3 is 0 Å². The molecule has 0 saturated carbocycles. The minimum atomic E-state index is 0.0919.